The summed E-state index contributed by atoms with van der Waals surface area (Å²) in [5.74, 6) is -0.945. The molecule has 1 aliphatic carbocycles. The molecule has 0 saturated heterocycles. The highest BCUT2D eigenvalue weighted by Crippen LogP contribution is 2.52. The summed E-state index contributed by atoms with van der Waals surface area (Å²) in [6.07, 6.45) is 0.849. The SMILES string of the molecule is CC(F)C1(c2ccc(C(=O)O)cc2)CC1. The van der Waals surface area contributed by atoms with E-state index in [1.54, 1.807) is 31.2 Å². The van der Waals surface area contributed by atoms with Crippen molar-refractivity contribution < 1.29 is 14.3 Å². The van der Waals surface area contributed by atoms with E-state index in [1.165, 1.54) is 0 Å². The second-order valence-electron chi connectivity index (χ2n) is 4.15. The molecule has 1 aliphatic rings. The Kier molecular flexibility index (Phi) is 2.25. The van der Waals surface area contributed by atoms with Gasteiger partial charge in [0.15, 0.2) is 0 Å². The van der Waals surface area contributed by atoms with Gasteiger partial charge in [0.1, 0.15) is 6.17 Å². The number of carboxylic acids is 1. The molecule has 0 aliphatic heterocycles. The van der Waals surface area contributed by atoms with Crippen LogP contribution < -0.4 is 0 Å². The molecule has 15 heavy (non-hydrogen) atoms. The van der Waals surface area contributed by atoms with Gasteiger partial charge in [-0.1, -0.05) is 12.1 Å². The molecular formula is C12H13FO2. The van der Waals surface area contributed by atoms with Crippen molar-refractivity contribution in [3.8, 4) is 0 Å². The lowest BCUT2D eigenvalue weighted by Crippen LogP contribution is -2.18. The molecule has 2 rings (SSSR count). The summed E-state index contributed by atoms with van der Waals surface area (Å²) in [4.78, 5) is 10.6. The van der Waals surface area contributed by atoms with Crippen molar-refractivity contribution in [1.82, 2.24) is 0 Å². The topological polar surface area (TPSA) is 37.3 Å². The molecule has 0 amide bonds. The highest BCUT2D eigenvalue weighted by molar-refractivity contribution is 5.87. The van der Waals surface area contributed by atoms with E-state index in [2.05, 4.69) is 0 Å². The minimum atomic E-state index is -0.945. The van der Waals surface area contributed by atoms with Gasteiger partial charge in [-0.2, -0.15) is 0 Å². The lowest BCUT2D eigenvalue weighted by atomic mass is 9.91. The highest BCUT2D eigenvalue weighted by Gasteiger charge is 2.49. The third kappa shape index (κ3) is 1.62. The zero-order valence-electron chi connectivity index (χ0n) is 8.53. The second-order valence-corrected chi connectivity index (χ2v) is 4.15. The van der Waals surface area contributed by atoms with Gasteiger partial charge in [0, 0.05) is 5.41 Å². The molecule has 2 nitrogen and oxygen atoms in total. The van der Waals surface area contributed by atoms with Gasteiger partial charge in [0.25, 0.3) is 0 Å². The van der Waals surface area contributed by atoms with Crippen molar-refractivity contribution in [3.05, 3.63) is 35.4 Å². The fraction of sp³-hybridized carbons (Fsp3) is 0.417. The van der Waals surface area contributed by atoms with E-state index in [0.29, 0.717) is 0 Å². The van der Waals surface area contributed by atoms with Crippen LogP contribution in [0.4, 0.5) is 4.39 Å². The maximum absolute atomic E-state index is 13.4. The van der Waals surface area contributed by atoms with Crippen LogP contribution in [0.2, 0.25) is 0 Å². The van der Waals surface area contributed by atoms with Gasteiger partial charge < -0.3 is 5.11 Å². The van der Waals surface area contributed by atoms with Gasteiger partial charge >= 0.3 is 5.97 Å². The van der Waals surface area contributed by atoms with Crippen LogP contribution in [0.5, 0.6) is 0 Å². The lowest BCUT2D eigenvalue weighted by molar-refractivity contribution is 0.0697. The number of halogens is 1. The van der Waals surface area contributed by atoms with E-state index in [4.69, 9.17) is 5.11 Å². The molecule has 0 heterocycles. The van der Waals surface area contributed by atoms with E-state index in [1.807, 2.05) is 0 Å². The first-order valence-electron chi connectivity index (χ1n) is 5.04. The summed E-state index contributed by atoms with van der Waals surface area (Å²) in [7, 11) is 0. The predicted molar refractivity (Wildman–Crippen MR) is 54.9 cm³/mol. The van der Waals surface area contributed by atoms with Gasteiger partial charge in [0.2, 0.25) is 0 Å². The number of rotatable bonds is 3. The van der Waals surface area contributed by atoms with Crippen LogP contribution >= 0.6 is 0 Å². The maximum atomic E-state index is 13.4. The van der Waals surface area contributed by atoms with Crippen molar-refractivity contribution in [2.45, 2.75) is 31.4 Å². The van der Waals surface area contributed by atoms with Gasteiger partial charge in [-0.3, -0.25) is 0 Å². The minimum absolute atomic E-state index is 0.251. The molecule has 1 unspecified atom stereocenters. The molecule has 0 bridgehead atoms. The number of hydrogen-bond donors (Lipinski definition) is 1. The average molecular weight is 208 g/mol. The van der Waals surface area contributed by atoms with Gasteiger partial charge in [0.05, 0.1) is 5.56 Å². The third-order valence-electron chi connectivity index (χ3n) is 3.26. The number of alkyl halides is 1. The lowest BCUT2D eigenvalue weighted by Gasteiger charge is -2.17. The van der Waals surface area contributed by atoms with Crippen molar-refractivity contribution in [2.24, 2.45) is 0 Å². The van der Waals surface area contributed by atoms with Crippen molar-refractivity contribution in [2.75, 3.05) is 0 Å². The molecule has 0 aromatic heterocycles. The summed E-state index contributed by atoms with van der Waals surface area (Å²) >= 11 is 0. The fourth-order valence-electron chi connectivity index (χ4n) is 2.00. The van der Waals surface area contributed by atoms with Crippen LogP contribution in [0.25, 0.3) is 0 Å². The number of hydrogen-bond acceptors (Lipinski definition) is 1. The Hall–Kier alpha value is -1.38. The molecular weight excluding hydrogens is 195 g/mol. The summed E-state index contributed by atoms with van der Waals surface area (Å²) in [6, 6.07) is 6.54. The van der Waals surface area contributed by atoms with Crippen LogP contribution in [0, 0.1) is 0 Å². The maximum Gasteiger partial charge on any atom is 0.335 e. The average Bonchev–Trinajstić information content (AvgIpc) is 2.98. The molecule has 0 radical (unpaired) electrons. The normalized spacial score (nSPS) is 19.6. The molecule has 1 saturated carbocycles. The summed E-state index contributed by atoms with van der Waals surface area (Å²) in [5.41, 5.74) is 0.834. The van der Waals surface area contributed by atoms with Crippen LogP contribution in [0.1, 0.15) is 35.7 Å². The van der Waals surface area contributed by atoms with Gasteiger partial charge in [-0.05, 0) is 37.5 Å². The highest BCUT2D eigenvalue weighted by atomic mass is 19.1. The molecule has 1 N–H and O–H groups in total. The monoisotopic (exact) mass is 208 g/mol. The standard InChI is InChI=1S/C12H13FO2/c1-8(13)12(6-7-12)10-4-2-9(3-5-10)11(14)15/h2-5,8H,6-7H2,1H3,(H,14,15). The Bertz CT molecular complexity index is 377. The summed E-state index contributed by atoms with van der Waals surface area (Å²) in [5, 5.41) is 8.73. The summed E-state index contributed by atoms with van der Waals surface area (Å²) < 4.78 is 13.4. The number of carboxylic acid groups (broad SMARTS) is 1. The molecule has 0 spiro atoms. The van der Waals surface area contributed by atoms with E-state index in [9.17, 15) is 9.18 Å². The van der Waals surface area contributed by atoms with Gasteiger partial charge in [-0.25, -0.2) is 9.18 Å². The molecule has 1 fully saturated rings. The Labute approximate surface area is 87.7 Å². The first-order valence-corrected chi connectivity index (χ1v) is 5.04. The summed E-state index contributed by atoms with van der Waals surface area (Å²) in [6.45, 7) is 1.57. The van der Waals surface area contributed by atoms with Crippen molar-refractivity contribution >= 4 is 5.97 Å². The Morgan fingerprint density at radius 1 is 1.40 bits per heavy atom. The zero-order valence-corrected chi connectivity index (χ0v) is 8.53. The zero-order chi connectivity index (χ0) is 11.1. The minimum Gasteiger partial charge on any atom is -0.478 e. The third-order valence-corrected chi connectivity index (χ3v) is 3.26. The number of carbonyl (C=O) groups is 1. The molecule has 1 aromatic carbocycles. The largest absolute Gasteiger partial charge is 0.478 e. The molecule has 1 atom stereocenters. The Morgan fingerprint density at radius 3 is 2.27 bits per heavy atom. The molecule has 1 aromatic rings. The van der Waals surface area contributed by atoms with Crippen LogP contribution in [0.3, 0.4) is 0 Å². The van der Waals surface area contributed by atoms with Crippen LogP contribution in [0.15, 0.2) is 24.3 Å². The fourth-order valence-corrected chi connectivity index (χ4v) is 2.00. The van der Waals surface area contributed by atoms with Crippen LogP contribution in [-0.4, -0.2) is 17.2 Å². The quantitative estimate of drug-likeness (QED) is 0.829. The second kappa shape index (κ2) is 3.33. The Balaban J connectivity index is 2.28. The van der Waals surface area contributed by atoms with Crippen molar-refractivity contribution in [3.63, 3.8) is 0 Å². The van der Waals surface area contributed by atoms with E-state index in [0.717, 1.165) is 18.4 Å². The number of benzene rings is 1. The first kappa shape index (κ1) is 10.1. The molecule has 3 heteroatoms. The first-order chi connectivity index (χ1) is 7.06. The predicted octanol–water partition coefficient (Wildman–Crippen LogP) is 2.77. The smallest absolute Gasteiger partial charge is 0.335 e. The Morgan fingerprint density at radius 2 is 1.93 bits per heavy atom. The van der Waals surface area contributed by atoms with Crippen molar-refractivity contribution in [1.29, 1.82) is 0 Å². The van der Waals surface area contributed by atoms with E-state index < -0.39 is 12.1 Å². The van der Waals surface area contributed by atoms with Crippen LogP contribution in [-0.2, 0) is 5.41 Å². The molecule has 80 valence electrons. The van der Waals surface area contributed by atoms with E-state index >= 15 is 0 Å². The number of aromatic carboxylic acids is 1. The van der Waals surface area contributed by atoms with Gasteiger partial charge in [-0.15, -0.1) is 0 Å². The van der Waals surface area contributed by atoms with E-state index in [-0.39, 0.29) is 11.0 Å².